The van der Waals surface area contributed by atoms with E-state index in [2.05, 4.69) is 35.3 Å². The molecule has 5 nitrogen and oxygen atoms in total. The molecule has 1 saturated carbocycles. The van der Waals surface area contributed by atoms with Gasteiger partial charge in [0.2, 0.25) is 0 Å². The molecule has 5 rings (SSSR count). The number of hydrogen-bond acceptors (Lipinski definition) is 4. The summed E-state index contributed by atoms with van der Waals surface area (Å²) in [5, 5.41) is 10.2. The number of fused-ring (bicyclic) bond motifs is 1. The maximum atomic E-state index is 11.2. The minimum Gasteiger partial charge on any atom is -0.493 e. The van der Waals surface area contributed by atoms with Gasteiger partial charge in [0.1, 0.15) is 17.1 Å². The Bertz CT molecular complexity index is 978. The van der Waals surface area contributed by atoms with E-state index in [1.807, 2.05) is 18.2 Å². The summed E-state index contributed by atoms with van der Waals surface area (Å²) >= 11 is 0. The maximum absolute atomic E-state index is 11.2. The number of benzene rings is 1. The second kappa shape index (κ2) is 7.95. The van der Waals surface area contributed by atoms with Gasteiger partial charge < -0.3 is 19.2 Å². The molecule has 1 N–H and O–H groups in total. The molecule has 30 heavy (non-hydrogen) atoms. The van der Waals surface area contributed by atoms with Crippen LogP contribution in [0.3, 0.4) is 0 Å². The lowest BCUT2D eigenvalue weighted by Gasteiger charge is -2.42. The van der Waals surface area contributed by atoms with Gasteiger partial charge >= 0.3 is 5.97 Å². The molecule has 3 aliphatic rings. The molecule has 2 heterocycles. The molecule has 5 heteroatoms. The zero-order valence-electron chi connectivity index (χ0n) is 17.3. The average Bonchev–Trinajstić information content (AvgIpc) is 3.39. The van der Waals surface area contributed by atoms with Gasteiger partial charge in [0.25, 0.3) is 0 Å². The van der Waals surface area contributed by atoms with Gasteiger partial charge in [-0.3, -0.25) is 4.79 Å². The van der Waals surface area contributed by atoms with E-state index < -0.39 is 5.97 Å². The third-order valence-corrected chi connectivity index (χ3v) is 6.92. The fourth-order valence-corrected chi connectivity index (χ4v) is 5.09. The minimum absolute atomic E-state index is 0.253. The van der Waals surface area contributed by atoms with Crippen LogP contribution in [0.5, 0.6) is 5.75 Å². The molecule has 1 aliphatic heterocycles. The summed E-state index contributed by atoms with van der Waals surface area (Å²) < 4.78 is 12.6. The summed E-state index contributed by atoms with van der Waals surface area (Å²) in [4.78, 5) is 13.4. The van der Waals surface area contributed by atoms with Crippen LogP contribution >= 0.6 is 0 Å². The monoisotopic (exact) mass is 407 g/mol. The Kier molecular flexibility index (Phi) is 5.15. The number of allylic oxidation sites excluding steroid dienone is 3. The first-order valence-corrected chi connectivity index (χ1v) is 11.1. The number of likely N-dealkylation sites (tertiary alicyclic amines) is 1. The van der Waals surface area contributed by atoms with Crippen molar-refractivity contribution >= 4 is 16.9 Å². The number of rotatable bonds is 7. The molecule has 2 aromatic rings. The van der Waals surface area contributed by atoms with Crippen LogP contribution in [0.1, 0.15) is 37.9 Å². The lowest BCUT2D eigenvalue weighted by molar-refractivity contribution is -0.147. The van der Waals surface area contributed by atoms with Crippen LogP contribution < -0.4 is 4.74 Å². The predicted molar refractivity (Wildman–Crippen MR) is 116 cm³/mol. The summed E-state index contributed by atoms with van der Waals surface area (Å²) in [6.45, 7) is 2.74. The van der Waals surface area contributed by atoms with Crippen molar-refractivity contribution in [2.24, 2.45) is 11.8 Å². The molecule has 1 aromatic carbocycles. The quantitative estimate of drug-likeness (QED) is 0.716. The maximum Gasteiger partial charge on any atom is 0.309 e. The Morgan fingerprint density at radius 1 is 1.23 bits per heavy atom. The van der Waals surface area contributed by atoms with Gasteiger partial charge in [0.15, 0.2) is 0 Å². The molecule has 2 fully saturated rings. The largest absolute Gasteiger partial charge is 0.493 e. The Hall–Kier alpha value is -2.53. The smallest absolute Gasteiger partial charge is 0.309 e. The van der Waals surface area contributed by atoms with Gasteiger partial charge in [0.05, 0.1) is 23.3 Å². The summed E-state index contributed by atoms with van der Waals surface area (Å²) in [6.07, 6.45) is 14.5. The summed E-state index contributed by atoms with van der Waals surface area (Å²) in [5.74, 6) is 1.53. The first kappa shape index (κ1) is 19.4. The van der Waals surface area contributed by atoms with E-state index in [-0.39, 0.29) is 11.3 Å². The minimum atomic E-state index is -0.702. The van der Waals surface area contributed by atoms with E-state index in [4.69, 9.17) is 9.15 Å². The van der Waals surface area contributed by atoms with E-state index in [9.17, 15) is 9.90 Å². The van der Waals surface area contributed by atoms with E-state index in [1.54, 1.807) is 0 Å². The molecule has 158 valence electrons. The molecule has 0 amide bonds. The van der Waals surface area contributed by atoms with Crippen LogP contribution in [0, 0.1) is 11.8 Å². The molecule has 0 spiro atoms. The van der Waals surface area contributed by atoms with Gasteiger partial charge in [-0.05, 0) is 43.4 Å². The molecular formula is C25H29NO4. The first-order valence-electron chi connectivity index (χ1n) is 11.1. The van der Waals surface area contributed by atoms with Crippen LogP contribution in [0.4, 0.5) is 0 Å². The molecule has 1 unspecified atom stereocenters. The van der Waals surface area contributed by atoms with Crippen molar-refractivity contribution in [2.45, 2.75) is 37.5 Å². The molecule has 0 bridgehead atoms. The number of furan rings is 1. The highest BCUT2D eigenvalue weighted by molar-refractivity contribution is 5.85. The van der Waals surface area contributed by atoms with Gasteiger partial charge in [-0.15, -0.1) is 0 Å². The fraction of sp³-hybridized carbons (Fsp3) is 0.480. The van der Waals surface area contributed by atoms with Crippen molar-refractivity contribution < 1.29 is 19.1 Å². The van der Waals surface area contributed by atoms with E-state index in [1.165, 1.54) is 25.7 Å². The highest BCUT2D eigenvalue weighted by atomic mass is 16.5. The first-order chi connectivity index (χ1) is 14.6. The van der Waals surface area contributed by atoms with Crippen LogP contribution in [0.2, 0.25) is 0 Å². The van der Waals surface area contributed by atoms with E-state index in [0.29, 0.717) is 19.0 Å². The zero-order chi connectivity index (χ0) is 20.6. The van der Waals surface area contributed by atoms with Gasteiger partial charge in [0, 0.05) is 19.6 Å². The fourth-order valence-electron chi connectivity index (χ4n) is 5.09. The average molecular weight is 408 g/mol. The SMILES string of the molecule is O=C(O)C1CN(CC2(c3cc4c(OCC5CCCC5)cccc4o3)C=CC=CC2)C1. The van der Waals surface area contributed by atoms with Gasteiger partial charge in [-0.1, -0.05) is 43.2 Å². The van der Waals surface area contributed by atoms with Gasteiger partial charge in [-0.2, -0.15) is 0 Å². The number of carboxylic acid groups (broad SMARTS) is 1. The highest BCUT2D eigenvalue weighted by Gasteiger charge is 2.41. The summed E-state index contributed by atoms with van der Waals surface area (Å²) in [7, 11) is 0. The molecule has 1 saturated heterocycles. The second-order valence-corrected chi connectivity index (χ2v) is 9.12. The van der Waals surface area contributed by atoms with Crippen molar-refractivity contribution in [1.82, 2.24) is 4.90 Å². The zero-order valence-corrected chi connectivity index (χ0v) is 17.3. The Morgan fingerprint density at radius 2 is 2.07 bits per heavy atom. The molecule has 1 atom stereocenters. The van der Waals surface area contributed by atoms with Crippen LogP contribution in [0.15, 0.2) is 53.0 Å². The van der Waals surface area contributed by atoms with Crippen LogP contribution in [-0.4, -0.2) is 42.2 Å². The number of carbonyl (C=O) groups is 1. The topological polar surface area (TPSA) is 62.9 Å². The third kappa shape index (κ3) is 3.67. The number of ether oxygens (including phenoxy) is 1. The highest BCUT2D eigenvalue weighted by Crippen LogP contribution is 2.40. The normalized spacial score (nSPS) is 25.1. The summed E-state index contributed by atoms with van der Waals surface area (Å²) in [6, 6.07) is 8.17. The van der Waals surface area contributed by atoms with Crippen molar-refractivity contribution in [3.63, 3.8) is 0 Å². The van der Waals surface area contributed by atoms with Crippen LogP contribution in [0.25, 0.3) is 11.0 Å². The predicted octanol–water partition coefficient (Wildman–Crippen LogP) is 4.77. The van der Waals surface area contributed by atoms with E-state index >= 15 is 0 Å². The molecule has 1 aromatic heterocycles. The van der Waals surface area contributed by atoms with Crippen molar-refractivity contribution in [3.05, 3.63) is 54.3 Å². The van der Waals surface area contributed by atoms with Crippen molar-refractivity contribution in [3.8, 4) is 5.75 Å². The second-order valence-electron chi connectivity index (χ2n) is 9.12. The molecular weight excluding hydrogens is 378 g/mol. The third-order valence-electron chi connectivity index (χ3n) is 6.92. The van der Waals surface area contributed by atoms with E-state index in [0.717, 1.165) is 42.1 Å². The lowest BCUT2D eigenvalue weighted by atomic mass is 9.77. The van der Waals surface area contributed by atoms with Crippen molar-refractivity contribution in [2.75, 3.05) is 26.2 Å². The summed E-state index contributed by atoms with van der Waals surface area (Å²) in [5.41, 5.74) is 0.572. The molecule has 2 aliphatic carbocycles. The Morgan fingerprint density at radius 3 is 2.80 bits per heavy atom. The van der Waals surface area contributed by atoms with Gasteiger partial charge in [-0.25, -0.2) is 0 Å². The van der Waals surface area contributed by atoms with Crippen molar-refractivity contribution in [1.29, 1.82) is 0 Å². The number of nitrogens with zero attached hydrogens (tertiary/aromatic N) is 1. The Labute approximate surface area is 177 Å². The number of hydrogen-bond donors (Lipinski definition) is 1. The molecule has 0 radical (unpaired) electrons. The Balaban J connectivity index is 1.39. The lowest BCUT2D eigenvalue weighted by Crippen LogP contribution is -2.54. The van der Waals surface area contributed by atoms with Crippen LogP contribution in [-0.2, 0) is 10.2 Å². The standard InChI is InChI=1S/C25H29NO4/c27-24(28)19-14-26(15-19)17-25(11-4-1-5-12-25)23-13-20-21(9-6-10-22(20)30-23)29-16-18-7-2-3-8-18/h1,4-6,9-11,13,18-19H,2-3,7-8,12,14-17H2,(H,27,28). The number of carboxylic acids is 1. The number of aliphatic carboxylic acids is 1.